The van der Waals surface area contributed by atoms with Gasteiger partial charge in [0, 0.05) is 10.4 Å². The van der Waals surface area contributed by atoms with Crippen LogP contribution in [0, 0.1) is 10.1 Å². The van der Waals surface area contributed by atoms with Crippen molar-refractivity contribution in [2.75, 3.05) is 0 Å². The van der Waals surface area contributed by atoms with Gasteiger partial charge < -0.3 is 0 Å². The van der Waals surface area contributed by atoms with Crippen LogP contribution in [0.25, 0.3) is 10.2 Å². The van der Waals surface area contributed by atoms with Crippen molar-refractivity contribution in [3.05, 3.63) is 33.3 Å². The Morgan fingerprint density at radius 3 is 3.00 bits per heavy atom. The highest BCUT2D eigenvalue weighted by Gasteiger charge is 2.20. The maximum absolute atomic E-state index is 11.1. The van der Waals surface area contributed by atoms with Crippen molar-refractivity contribution in [1.82, 2.24) is 4.98 Å². The number of nitro benzene ring substituents is 1. The Morgan fingerprint density at radius 2 is 2.38 bits per heavy atom. The van der Waals surface area contributed by atoms with E-state index in [2.05, 4.69) is 20.9 Å². The van der Waals surface area contributed by atoms with Gasteiger partial charge in [-0.15, -0.1) is 11.3 Å². The summed E-state index contributed by atoms with van der Waals surface area (Å²) >= 11 is 4.83. The summed E-state index contributed by atoms with van der Waals surface area (Å²) in [7, 11) is 0. The number of aromatic nitrogens is 1. The molecular formula is C10H9BrN2O2S. The van der Waals surface area contributed by atoms with Gasteiger partial charge in [-0.3, -0.25) is 10.1 Å². The van der Waals surface area contributed by atoms with E-state index >= 15 is 0 Å². The fourth-order valence-corrected chi connectivity index (χ4v) is 2.66. The van der Waals surface area contributed by atoms with Crippen LogP contribution in [0.2, 0.25) is 0 Å². The van der Waals surface area contributed by atoms with E-state index in [-0.39, 0.29) is 15.4 Å². The lowest BCUT2D eigenvalue weighted by Gasteiger charge is -2.04. The zero-order valence-electron chi connectivity index (χ0n) is 8.51. The second-order valence-electron chi connectivity index (χ2n) is 3.51. The molecule has 2 aromatic rings. The molecule has 0 amide bonds. The molecule has 2 rings (SSSR count). The fourth-order valence-electron chi connectivity index (χ4n) is 1.63. The quantitative estimate of drug-likeness (QED) is 0.495. The van der Waals surface area contributed by atoms with Crippen molar-refractivity contribution in [2.24, 2.45) is 0 Å². The van der Waals surface area contributed by atoms with Crippen LogP contribution in [0.15, 0.2) is 17.6 Å². The summed E-state index contributed by atoms with van der Waals surface area (Å²) in [4.78, 5) is 15.0. The molecule has 1 unspecified atom stereocenters. The summed E-state index contributed by atoms with van der Waals surface area (Å²) in [6.45, 7) is 1.97. The maximum atomic E-state index is 11.1. The van der Waals surface area contributed by atoms with Crippen LogP contribution in [-0.2, 0) is 6.42 Å². The summed E-state index contributed by atoms with van der Waals surface area (Å²) in [6, 6.07) is 3.71. The zero-order chi connectivity index (χ0) is 11.7. The first kappa shape index (κ1) is 11.5. The lowest BCUT2D eigenvalue weighted by atomic mass is 10.1. The minimum absolute atomic E-state index is 0.144. The summed E-state index contributed by atoms with van der Waals surface area (Å²) in [6.07, 6.45) is 0.629. The van der Waals surface area contributed by atoms with Gasteiger partial charge in [-0.05, 0) is 12.5 Å². The van der Waals surface area contributed by atoms with Crippen molar-refractivity contribution in [1.29, 1.82) is 0 Å². The number of hydrogen-bond acceptors (Lipinski definition) is 4. The number of nitro groups is 1. The molecule has 0 saturated carbocycles. The maximum Gasteiger partial charge on any atom is 0.299 e. The van der Waals surface area contributed by atoms with Gasteiger partial charge >= 0.3 is 0 Å². The lowest BCUT2D eigenvalue weighted by Crippen LogP contribution is -2.02. The molecule has 84 valence electrons. The zero-order valence-corrected chi connectivity index (χ0v) is 10.9. The Labute approximate surface area is 105 Å². The van der Waals surface area contributed by atoms with Crippen LogP contribution in [0.5, 0.6) is 0 Å². The standard InChI is InChI=1S/C10H9BrN2O2S/c1-6(11)4-7-2-3-8-9(12-5-16-8)10(7)13(14)15/h2-3,5-6H,4H2,1H3. The molecular weight excluding hydrogens is 292 g/mol. The largest absolute Gasteiger partial charge is 0.299 e. The monoisotopic (exact) mass is 300 g/mol. The van der Waals surface area contributed by atoms with Gasteiger partial charge in [0.2, 0.25) is 0 Å². The number of halogens is 1. The summed E-state index contributed by atoms with van der Waals surface area (Å²) < 4.78 is 0.859. The van der Waals surface area contributed by atoms with Crippen LogP contribution >= 0.6 is 27.3 Å². The number of benzene rings is 1. The molecule has 0 N–H and O–H groups in total. The molecule has 0 aliphatic carbocycles. The van der Waals surface area contributed by atoms with E-state index in [1.165, 1.54) is 11.3 Å². The number of alkyl halides is 1. The topological polar surface area (TPSA) is 56.0 Å². The van der Waals surface area contributed by atoms with Gasteiger partial charge in [0.1, 0.15) is 0 Å². The minimum atomic E-state index is -0.341. The molecule has 0 saturated heterocycles. The number of fused-ring (bicyclic) bond motifs is 1. The van der Waals surface area contributed by atoms with Crippen molar-refractivity contribution in [3.8, 4) is 0 Å². The van der Waals surface area contributed by atoms with Crippen LogP contribution < -0.4 is 0 Å². The second kappa shape index (κ2) is 4.47. The average Bonchev–Trinajstić information content (AvgIpc) is 2.63. The summed E-state index contributed by atoms with van der Waals surface area (Å²) in [5, 5.41) is 11.1. The number of rotatable bonds is 3. The highest BCUT2D eigenvalue weighted by molar-refractivity contribution is 9.09. The van der Waals surface area contributed by atoms with Crippen LogP contribution in [-0.4, -0.2) is 14.7 Å². The van der Waals surface area contributed by atoms with Crippen LogP contribution in [0.1, 0.15) is 12.5 Å². The Kier molecular flexibility index (Phi) is 3.20. The molecule has 0 aliphatic rings. The molecule has 0 aliphatic heterocycles. The van der Waals surface area contributed by atoms with Crippen molar-refractivity contribution >= 4 is 43.2 Å². The SMILES string of the molecule is CC(Br)Cc1ccc2scnc2c1[N+](=O)[O-]. The molecule has 0 bridgehead atoms. The molecule has 0 spiro atoms. The third kappa shape index (κ3) is 2.08. The molecule has 1 heterocycles. The highest BCUT2D eigenvalue weighted by Crippen LogP contribution is 2.32. The van der Waals surface area contributed by atoms with Crippen LogP contribution in [0.3, 0.4) is 0 Å². The predicted octanol–water partition coefficient (Wildman–Crippen LogP) is 3.53. The predicted molar refractivity (Wildman–Crippen MR) is 68.4 cm³/mol. The molecule has 16 heavy (non-hydrogen) atoms. The van der Waals surface area contributed by atoms with E-state index in [0.717, 1.165) is 10.3 Å². The highest BCUT2D eigenvalue weighted by atomic mass is 79.9. The van der Waals surface area contributed by atoms with Crippen molar-refractivity contribution in [3.63, 3.8) is 0 Å². The Bertz CT molecular complexity index is 539. The van der Waals surface area contributed by atoms with Crippen molar-refractivity contribution in [2.45, 2.75) is 18.2 Å². The first-order valence-corrected chi connectivity index (χ1v) is 6.52. The number of thiazole rings is 1. The first-order chi connectivity index (χ1) is 7.59. The molecule has 0 radical (unpaired) electrons. The van der Waals surface area contributed by atoms with Gasteiger partial charge in [-0.2, -0.15) is 0 Å². The normalized spacial score (nSPS) is 12.9. The lowest BCUT2D eigenvalue weighted by molar-refractivity contribution is -0.383. The molecule has 4 nitrogen and oxygen atoms in total. The Hall–Kier alpha value is -1.01. The van der Waals surface area contributed by atoms with Crippen LogP contribution in [0.4, 0.5) is 5.69 Å². The van der Waals surface area contributed by atoms with E-state index in [0.29, 0.717) is 11.9 Å². The third-order valence-electron chi connectivity index (χ3n) is 2.24. The summed E-state index contributed by atoms with van der Waals surface area (Å²) in [5.74, 6) is 0. The van der Waals surface area contributed by atoms with Gasteiger partial charge in [0.05, 0.1) is 15.1 Å². The number of hydrogen-bond donors (Lipinski definition) is 0. The summed E-state index contributed by atoms with van der Waals surface area (Å²) in [5.41, 5.74) is 3.01. The smallest absolute Gasteiger partial charge is 0.258 e. The van der Waals surface area contributed by atoms with Crippen molar-refractivity contribution < 1.29 is 4.92 Å². The van der Waals surface area contributed by atoms with Gasteiger partial charge in [-0.1, -0.05) is 28.9 Å². The van der Waals surface area contributed by atoms with Gasteiger partial charge in [0.25, 0.3) is 5.69 Å². The molecule has 6 heteroatoms. The fraction of sp³-hybridized carbons (Fsp3) is 0.300. The molecule has 1 aromatic carbocycles. The second-order valence-corrected chi connectivity index (χ2v) is 5.96. The van der Waals surface area contributed by atoms with E-state index in [4.69, 9.17) is 0 Å². The molecule has 0 fully saturated rings. The van der Waals surface area contributed by atoms with Gasteiger partial charge in [-0.25, -0.2) is 4.98 Å². The van der Waals surface area contributed by atoms with E-state index in [9.17, 15) is 10.1 Å². The minimum Gasteiger partial charge on any atom is -0.258 e. The number of nitrogens with zero attached hydrogens (tertiary/aromatic N) is 2. The third-order valence-corrected chi connectivity index (χ3v) is 3.36. The Morgan fingerprint density at radius 1 is 1.62 bits per heavy atom. The van der Waals surface area contributed by atoms with E-state index in [1.54, 1.807) is 5.51 Å². The first-order valence-electron chi connectivity index (χ1n) is 4.73. The van der Waals surface area contributed by atoms with Gasteiger partial charge in [0.15, 0.2) is 5.52 Å². The Balaban J connectivity index is 2.63. The molecule has 1 aromatic heterocycles. The average molecular weight is 301 g/mol. The molecule has 1 atom stereocenters. The van der Waals surface area contributed by atoms with E-state index < -0.39 is 0 Å². The van der Waals surface area contributed by atoms with E-state index in [1.807, 2.05) is 19.1 Å².